The molecule has 7 heteroatoms. The van der Waals surface area contributed by atoms with Gasteiger partial charge in [-0.2, -0.15) is 0 Å². The quantitative estimate of drug-likeness (QED) is 0.598. The predicted octanol–water partition coefficient (Wildman–Crippen LogP) is 0.247. The molecular weight excluding hydrogens is 396 g/mol. The van der Waals surface area contributed by atoms with E-state index in [0.29, 0.717) is 46.0 Å². The first kappa shape index (κ1) is 21.2. The average Bonchev–Trinajstić information content (AvgIpc) is 3.08. The summed E-state index contributed by atoms with van der Waals surface area (Å²) in [7, 11) is 5.37. The van der Waals surface area contributed by atoms with E-state index in [0.717, 1.165) is 26.2 Å². The Hall–Kier alpha value is -3.03. The summed E-state index contributed by atoms with van der Waals surface area (Å²) in [6.07, 6.45) is 1.68. The molecule has 0 radical (unpaired) electrons. The smallest absolute Gasteiger partial charge is 0.232 e. The number of phenolic OH excluding ortho intramolecular Hbond substituents is 1. The minimum Gasteiger partial charge on any atom is -0.507 e. The Morgan fingerprint density at radius 3 is 2.55 bits per heavy atom. The fourth-order valence-electron chi connectivity index (χ4n) is 4.30. The lowest BCUT2D eigenvalue weighted by molar-refractivity contribution is -1.01. The molecule has 0 bridgehead atoms. The lowest BCUT2D eigenvalue weighted by Gasteiger charge is -2.27. The number of piperazine rings is 1. The highest BCUT2D eigenvalue weighted by atomic mass is 16.5. The number of aromatic hydroxyl groups is 1. The van der Waals surface area contributed by atoms with E-state index in [-0.39, 0.29) is 17.3 Å². The highest BCUT2D eigenvalue weighted by Gasteiger charge is 2.35. The number of carbonyl (C=O) groups is 1. The normalized spacial score (nSPS) is 21.7. The van der Waals surface area contributed by atoms with Crippen molar-refractivity contribution in [2.45, 2.75) is 13.5 Å². The standard InChI is InChI=1S/C24H28N2O5/c1-15-11-19(27)18(14-26-9-7-25(2)8-10-26)24-22(15)23(28)21(31-24)13-16-12-17(29-3)5-6-20(16)30-4/h5-6,11-13,27H,7-10,14H2,1-4H3/p+2/b21-13-. The van der Waals surface area contributed by atoms with Crippen molar-refractivity contribution in [1.29, 1.82) is 0 Å². The number of nitrogens with one attached hydrogen (secondary N) is 2. The SMILES string of the molecule is COc1ccc(OC)c(/C=C2\Oc3c(C[NH+]4CC[NH+](C)CC4)c(O)cc(C)c3C2=O)c1. The van der Waals surface area contributed by atoms with Gasteiger partial charge >= 0.3 is 0 Å². The molecule has 0 saturated carbocycles. The lowest BCUT2D eigenvalue weighted by Crippen LogP contribution is -3.26. The van der Waals surface area contributed by atoms with Gasteiger partial charge in [-0.25, -0.2) is 0 Å². The van der Waals surface area contributed by atoms with Crippen LogP contribution in [0.1, 0.15) is 27.0 Å². The average molecular weight is 427 g/mol. The van der Waals surface area contributed by atoms with Gasteiger partial charge in [-0.15, -0.1) is 0 Å². The molecule has 0 aliphatic carbocycles. The van der Waals surface area contributed by atoms with Crippen molar-refractivity contribution in [2.24, 2.45) is 0 Å². The Morgan fingerprint density at radius 2 is 1.87 bits per heavy atom. The van der Waals surface area contributed by atoms with Crippen LogP contribution in [0.3, 0.4) is 0 Å². The van der Waals surface area contributed by atoms with Crippen LogP contribution >= 0.6 is 0 Å². The molecule has 0 amide bonds. The zero-order valence-corrected chi connectivity index (χ0v) is 18.5. The number of benzene rings is 2. The van der Waals surface area contributed by atoms with Gasteiger partial charge in [0.2, 0.25) is 5.78 Å². The molecular formula is C24H30N2O5+2. The van der Waals surface area contributed by atoms with Crippen molar-refractivity contribution in [2.75, 3.05) is 47.4 Å². The number of aryl methyl sites for hydroxylation is 1. The number of methoxy groups -OCH3 is 2. The summed E-state index contributed by atoms with van der Waals surface area (Å²) in [5, 5.41) is 10.7. The molecule has 31 heavy (non-hydrogen) atoms. The summed E-state index contributed by atoms with van der Waals surface area (Å²) in [4.78, 5) is 16.1. The molecule has 0 atom stereocenters. The molecule has 2 aromatic rings. The van der Waals surface area contributed by atoms with Gasteiger partial charge in [0.05, 0.1) is 32.4 Å². The minimum atomic E-state index is -0.184. The number of quaternary nitrogens is 2. The van der Waals surface area contributed by atoms with Crippen LogP contribution in [0.25, 0.3) is 6.08 Å². The van der Waals surface area contributed by atoms with Crippen LogP contribution in [0.2, 0.25) is 0 Å². The summed E-state index contributed by atoms with van der Waals surface area (Å²) in [5.41, 5.74) is 2.62. The van der Waals surface area contributed by atoms with Crippen LogP contribution in [-0.2, 0) is 6.54 Å². The van der Waals surface area contributed by atoms with Crippen molar-refractivity contribution in [1.82, 2.24) is 0 Å². The molecule has 7 nitrogen and oxygen atoms in total. The number of fused-ring (bicyclic) bond motifs is 1. The van der Waals surface area contributed by atoms with Crippen molar-refractivity contribution in [3.63, 3.8) is 0 Å². The van der Waals surface area contributed by atoms with Crippen molar-refractivity contribution in [3.8, 4) is 23.0 Å². The number of rotatable bonds is 5. The summed E-state index contributed by atoms with van der Waals surface area (Å²) in [5.74, 6) is 1.97. The first-order valence-corrected chi connectivity index (χ1v) is 10.6. The van der Waals surface area contributed by atoms with Crippen LogP contribution in [0.5, 0.6) is 23.0 Å². The number of phenols is 1. The number of ketones is 1. The summed E-state index contributed by atoms with van der Waals surface area (Å²) in [6, 6.07) is 7.06. The van der Waals surface area contributed by atoms with Gasteiger partial charge < -0.3 is 29.1 Å². The van der Waals surface area contributed by atoms with E-state index >= 15 is 0 Å². The summed E-state index contributed by atoms with van der Waals surface area (Å²) in [6.45, 7) is 6.67. The van der Waals surface area contributed by atoms with E-state index in [9.17, 15) is 9.90 Å². The molecule has 3 N–H and O–H groups in total. The van der Waals surface area contributed by atoms with Crippen molar-refractivity contribution < 1.29 is 33.9 Å². The van der Waals surface area contributed by atoms with Gasteiger partial charge in [-0.05, 0) is 42.8 Å². The highest BCUT2D eigenvalue weighted by molar-refractivity contribution is 6.16. The molecule has 2 aliphatic heterocycles. The van der Waals surface area contributed by atoms with Gasteiger partial charge in [0.15, 0.2) is 11.5 Å². The zero-order chi connectivity index (χ0) is 22.1. The van der Waals surface area contributed by atoms with E-state index in [1.54, 1.807) is 44.6 Å². The maximum atomic E-state index is 13.2. The number of carbonyl (C=O) groups excluding carboxylic acids is 1. The maximum absolute atomic E-state index is 13.2. The number of likely N-dealkylation sites (N-methyl/N-ethyl adjacent to an activating group) is 1. The van der Waals surface area contributed by atoms with E-state index in [2.05, 4.69) is 7.05 Å². The van der Waals surface area contributed by atoms with E-state index in [1.165, 1.54) is 9.80 Å². The van der Waals surface area contributed by atoms with Crippen LogP contribution < -0.4 is 24.0 Å². The number of ether oxygens (including phenoxy) is 3. The van der Waals surface area contributed by atoms with Gasteiger partial charge in [-0.3, -0.25) is 4.79 Å². The number of hydrogen-bond acceptors (Lipinski definition) is 5. The van der Waals surface area contributed by atoms with Crippen LogP contribution in [0.4, 0.5) is 0 Å². The third kappa shape index (κ3) is 4.11. The summed E-state index contributed by atoms with van der Waals surface area (Å²) >= 11 is 0. The molecule has 4 rings (SSSR count). The second-order valence-corrected chi connectivity index (χ2v) is 8.33. The second kappa shape index (κ2) is 8.61. The minimum absolute atomic E-state index is 0.183. The molecule has 164 valence electrons. The Morgan fingerprint density at radius 1 is 1.13 bits per heavy atom. The largest absolute Gasteiger partial charge is 0.507 e. The van der Waals surface area contributed by atoms with Gasteiger partial charge in [0, 0.05) is 5.56 Å². The second-order valence-electron chi connectivity index (χ2n) is 8.33. The molecule has 2 aliphatic rings. The number of hydrogen-bond donors (Lipinski definition) is 3. The first-order chi connectivity index (χ1) is 14.9. The zero-order valence-electron chi connectivity index (χ0n) is 18.5. The first-order valence-electron chi connectivity index (χ1n) is 10.6. The molecule has 2 heterocycles. The lowest BCUT2D eigenvalue weighted by atomic mass is 9.99. The Bertz CT molecular complexity index is 1040. The molecule has 0 aromatic heterocycles. The topological polar surface area (TPSA) is 73.9 Å². The number of allylic oxidation sites excluding steroid dienone is 1. The molecule has 0 spiro atoms. The summed E-state index contributed by atoms with van der Waals surface area (Å²) < 4.78 is 16.8. The van der Waals surface area contributed by atoms with Crippen LogP contribution in [0.15, 0.2) is 30.0 Å². The van der Waals surface area contributed by atoms with E-state index in [1.807, 2.05) is 6.92 Å². The van der Waals surface area contributed by atoms with Crippen molar-refractivity contribution in [3.05, 3.63) is 52.3 Å². The highest BCUT2D eigenvalue weighted by Crippen LogP contribution is 2.42. The third-order valence-electron chi connectivity index (χ3n) is 6.18. The maximum Gasteiger partial charge on any atom is 0.232 e. The van der Waals surface area contributed by atoms with Crippen LogP contribution in [0, 0.1) is 6.92 Å². The Labute approximate surface area is 182 Å². The predicted molar refractivity (Wildman–Crippen MR) is 116 cm³/mol. The number of Topliss-reactive ketones (excluding diaryl/α,β-unsaturated/α-hetero) is 1. The Balaban J connectivity index is 1.70. The molecule has 0 unspecified atom stereocenters. The van der Waals surface area contributed by atoms with E-state index < -0.39 is 0 Å². The van der Waals surface area contributed by atoms with Gasteiger partial charge in [0.25, 0.3) is 0 Å². The molecule has 1 fully saturated rings. The fourth-order valence-corrected chi connectivity index (χ4v) is 4.30. The van der Waals surface area contributed by atoms with Gasteiger partial charge in [-0.1, -0.05) is 0 Å². The Kier molecular flexibility index (Phi) is 5.89. The van der Waals surface area contributed by atoms with Crippen molar-refractivity contribution >= 4 is 11.9 Å². The fraction of sp³-hybridized carbons (Fsp3) is 0.375. The van der Waals surface area contributed by atoms with Crippen LogP contribution in [-0.4, -0.2) is 58.3 Å². The molecule has 1 saturated heterocycles. The monoisotopic (exact) mass is 426 g/mol. The van der Waals surface area contributed by atoms with Gasteiger partial charge in [0.1, 0.15) is 50.0 Å². The van der Waals surface area contributed by atoms with E-state index in [4.69, 9.17) is 14.2 Å². The third-order valence-corrected chi connectivity index (χ3v) is 6.18. The molecule has 2 aromatic carbocycles.